The molecule has 0 aromatic carbocycles. The first-order valence-electron chi connectivity index (χ1n) is 6.15. The summed E-state index contributed by atoms with van der Waals surface area (Å²) in [7, 11) is 0. The summed E-state index contributed by atoms with van der Waals surface area (Å²) in [4.78, 5) is 32.6. The number of aromatic amines is 1. The lowest BCUT2D eigenvalue weighted by molar-refractivity contribution is -0.137. The molecule has 1 amide bonds. The Morgan fingerprint density at radius 2 is 1.95 bits per heavy atom. The SMILES string of the molecule is O=C(O)CCCCCCNC(=O)c1ccc(=O)[nH]n1. The molecule has 0 spiro atoms. The van der Waals surface area contributed by atoms with Gasteiger partial charge in [-0.05, 0) is 18.9 Å². The lowest BCUT2D eigenvalue weighted by Crippen LogP contribution is -2.26. The molecular formula is C12H17N3O4. The first kappa shape index (κ1) is 14.9. The number of H-pyrrole nitrogens is 1. The van der Waals surface area contributed by atoms with E-state index in [4.69, 9.17) is 5.11 Å². The summed E-state index contributed by atoms with van der Waals surface area (Å²) in [5.41, 5.74) is -0.180. The second-order valence-electron chi connectivity index (χ2n) is 4.12. The number of carbonyl (C=O) groups is 2. The normalized spacial score (nSPS) is 10.1. The minimum atomic E-state index is -0.780. The zero-order chi connectivity index (χ0) is 14.1. The van der Waals surface area contributed by atoms with Crippen molar-refractivity contribution in [3.63, 3.8) is 0 Å². The molecule has 0 aliphatic carbocycles. The van der Waals surface area contributed by atoms with E-state index in [0.29, 0.717) is 13.0 Å². The third-order valence-electron chi connectivity index (χ3n) is 2.51. The number of nitrogens with one attached hydrogen (secondary N) is 2. The number of hydrogen-bond donors (Lipinski definition) is 3. The molecule has 19 heavy (non-hydrogen) atoms. The van der Waals surface area contributed by atoms with Gasteiger partial charge in [0.2, 0.25) is 0 Å². The van der Waals surface area contributed by atoms with Gasteiger partial charge in [0.15, 0.2) is 0 Å². The highest BCUT2D eigenvalue weighted by Crippen LogP contribution is 2.02. The highest BCUT2D eigenvalue weighted by Gasteiger charge is 2.05. The smallest absolute Gasteiger partial charge is 0.303 e. The molecule has 104 valence electrons. The van der Waals surface area contributed by atoms with Crippen LogP contribution in [0.15, 0.2) is 16.9 Å². The Labute approximate surface area is 110 Å². The van der Waals surface area contributed by atoms with Crippen molar-refractivity contribution in [3.05, 3.63) is 28.2 Å². The Kier molecular flexibility index (Phi) is 6.28. The summed E-state index contributed by atoms with van der Waals surface area (Å²) in [6.45, 7) is 0.507. The predicted octanol–water partition coefficient (Wildman–Crippen LogP) is 0.535. The topological polar surface area (TPSA) is 112 Å². The van der Waals surface area contributed by atoms with Crippen molar-refractivity contribution in [3.8, 4) is 0 Å². The molecule has 0 radical (unpaired) electrons. The summed E-state index contributed by atoms with van der Waals surface area (Å²) in [5.74, 6) is -1.11. The molecule has 1 heterocycles. The van der Waals surface area contributed by atoms with Crippen LogP contribution < -0.4 is 10.9 Å². The maximum atomic E-state index is 11.6. The van der Waals surface area contributed by atoms with Gasteiger partial charge in [0, 0.05) is 19.0 Å². The van der Waals surface area contributed by atoms with E-state index in [1.165, 1.54) is 12.1 Å². The maximum absolute atomic E-state index is 11.6. The summed E-state index contributed by atoms with van der Waals surface area (Å²) in [6.07, 6.45) is 3.33. The highest BCUT2D eigenvalue weighted by molar-refractivity contribution is 5.91. The van der Waals surface area contributed by atoms with Crippen molar-refractivity contribution in [2.75, 3.05) is 6.54 Å². The van der Waals surface area contributed by atoms with Crippen LogP contribution >= 0.6 is 0 Å². The first-order chi connectivity index (χ1) is 9.09. The van der Waals surface area contributed by atoms with E-state index in [2.05, 4.69) is 15.5 Å². The van der Waals surface area contributed by atoms with Crippen LogP contribution in [0.5, 0.6) is 0 Å². The fourth-order valence-electron chi connectivity index (χ4n) is 1.52. The summed E-state index contributed by atoms with van der Waals surface area (Å²) < 4.78 is 0. The predicted molar refractivity (Wildman–Crippen MR) is 67.9 cm³/mol. The first-order valence-corrected chi connectivity index (χ1v) is 6.15. The van der Waals surface area contributed by atoms with Crippen LogP contribution in [-0.2, 0) is 4.79 Å². The van der Waals surface area contributed by atoms with Crippen molar-refractivity contribution in [2.45, 2.75) is 32.1 Å². The minimum absolute atomic E-state index is 0.172. The van der Waals surface area contributed by atoms with Gasteiger partial charge in [-0.2, -0.15) is 5.10 Å². The van der Waals surface area contributed by atoms with E-state index >= 15 is 0 Å². The highest BCUT2D eigenvalue weighted by atomic mass is 16.4. The number of amides is 1. The standard InChI is InChI=1S/C12H17N3O4/c16-10-7-6-9(14-15-10)12(19)13-8-4-2-1-3-5-11(17)18/h6-7H,1-5,8H2,(H,13,19)(H,15,16)(H,17,18). The minimum Gasteiger partial charge on any atom is -0.481 e. The van der Waals surface area contributed by atoms with Crippen molar-refractivity contribution in [2.24, 2.45) is 0 Å². The van der Waals surface area contributed by atoms with Crippen LogP contribution in [0.2, 0.25) is 0 Å². The van der Waals surface area contributed by atoms with E-state index in [9.17, 15) is 14.4 Å². The Balaban J connectivity index is 2.12. The van der Waals surface area contributed by atoms with Crippen LogP contribution in [0.1, 0.15) is 42.6 Å². The molecule has 0 saturated carbocycles. The molecule has 7 nitrogen and oxygen atoms in total. The van der Waals surface area contributed by atoms with Gasteiger partial charge in [-0.15, -0.1) is 0 Å². The van der Waals surface area contributed by atoms with Crippen molar-refractivity contribution >= 4 is 11.9 Å². The van der Waals surface area contributed by atoms with E-state index in [1.807, 2.05) is 0 Å². The third-order valence-corrected chi connectivity index (χ3v) is 2.51. The van der Waals surface area contributed by atoms with Crippen LogP contribution in [0.4, 0.5) is 0 Å². The molecular weight excluding hydrogens is 250 g/mol. The fraction of sp³-hybridized carbons (Fsp3) is 0.500. The summed E-state index contributed by atoms with van der Waals surface area (Å²) >= 11 is 0. The Bertz CT molecular complexity index is 464. The lowest BCUT2D eigenvalue weighted by atomic mass is 10.1. The van der Waals surface area contributed by atoms with Gasteiger partial charge in [-0.1, -0.05) is 12.8 Å². The Morgan fingerprint density at radius 1 is 1.21 bits per heavy atom. The number of aliphatic carboxylic acids is 1. The van der Waals surface area contributed by atoms with Gasteiger partial charge in [0.1, 0.15) is 5.69 Å². The van der Waals surface area contributed by atoms with Gasteiger partial charge in [0.05, 0.1) is 0 Å². The molecule has 0 saturated heterocycles. The number of carbonyl (C=O) groups excluding carboxylic acids is 1. The zero-order valence-electron chi connectivity index (χ0n) is 10.5. The molecule has 0 aliphatic rings. The van der Waals surface area contributed by atoms with Crippen LogP contribution in [0.3, 0.4) is 0 Å². The van der Waals surface area contributed by atoms with E-state index in [-0.39, 0.29) is 23.6 Å². The molecule has 0 fully saturated rings. The van der Waals surface area contributed by atoms with Gasteiger partial charge in [0.25, 0.3) is 11.5 Å². The molecule has 1 aromatic heterocycles. The third kappa shape index (κ3) is 6.35. The molecule has 0 atom stereocenters. The van der Waals surface area contributed by atoms with Gasteiger partial charge < -0.3 is 10.4 Å². The number of nitrogens with zero attached hydrogens (tertiary/aromatic N) is 1. The quantitative estimate of drug-likeness (QED) is 0.595. The number of unbranched alkanes of at least 4 members (excludes halogenated alkanes) is 3. The average Bonchev–Trinajstić information content (AvgIpc) is 2.38. The number of carboxylic acids is 1. The second-order valence-corrected chi connectivity index (χ2v) is 4.12. The summed E-state index contributed by atoms with van der Waals surface area (Å²) in [6, 6.07) is 2.61. The zero-order valence-corrected chi connectivity index (χ0v) is 10.5. The number of hydrogen-bond acceptors (Lipinski definition) is 4. The van der Waals surface area contributed by atoms with Gasteiger partial charge >= 0.3 is 5.97 Å². The molecule has 0 bridgehead atoms. The Morgan fingerprint density at radius 3 is 2.58 bits per heavy atom. The number of aromatic nitrogens is 2. The average molecular weight is 267 g/mol. The molecule has 7 heteroatoms. The second kappa shape index (κ2) is 8.02. The van der Waals surface area contributed by atoms with Gasteiger partial charge in [-0.3, -0.25) is 14.4 Å². The largest absolute Gasteiger partial charge is 0.481 e. The molecule has 1 rings (SSSR count). The van der Waals surface area contributed by atoms with Crippen molar-refractivity contribution < 1.29 is 14.7 Å². The van der Waals surface area contributed by atoms with E-state index < -0.39 is 5.97 Å². The lowest BCUT2D eigenvalue weighted by Gasteiger charge is -2.03. The van der Waals surface area contributed by atoms with Crippen molar-refractivity contribution in [1.82, 2.24) is 15.5 Å². The number of carboxylic acid groups (broad SMARTS) is 1. The van der Waals surface area contributed by atoms with Gasteiger partial charge in [-0.25, -0.2) is 5.10 Å². The Hall–Kier alpha value is -2.18. The maximum Gasteiger partial charge on any atom is 0.303 e. The molecule has 1 aromatic rings. The molecule has 3 N–H and O–H groups in total. The van der Waals surface area contributed by atoms with Crippen molar-refractivity contribution in [1.29, 1.82) is 0 Å². The molecule has 0 unspecified atom stereocenters. The van der Waals surface area contributed by atoms with E-state index in [0.717, 1.165) is 19.3 Å². The number of rotatable bonds is 8. The molecule has 0 aliphatic heterocycles. The van der Waals surface area contributed by atoms with Crippen LogP contribution in [0.25, 0.3) is 0 Å². The van der Waals surface area contributed by atoms with Crippen LogP contribution in [-0.4, -0.2) is 33.7 Å². The summed E-state index contributed by atoms with van der Waals surface area (Å²) in [5, 5.41) is 16.9. The van der Waals surface area contributed by atoms with E-state index in [1.54, 1.807) is 0 Å². The monoisotopic (exact) mass is 267 g/mol. The fourth-order valence-corrected chi connectivity index (χ4v) is 1.52. The van der Waals surface area contributed by atoms with Crippen LogP contribution in [0, 0.1) is 0 Å².